The Bertz CT molecular complexity index is 746. The van der Waals surface area contributed by atoms with Crippen LogP contribution in [0.3, 0.4) is 0 Å². The third-order valence-corrected chi connectivity index (χ3v) is 7.19. The molecule has 1 amide bonds. The second-order valence-electron chi connectivity index (χ2n) is 8.81. The fraction of sp³-hybridized carbons (Fsp3) is 0.682. The Balaban J connectivity index is 1.34. The Kier molecular flexibility index (Phi) is 4.71. The highest BCUT2D eigenvalue weighted by Gasteiger charge is 2.51. The van der Waals surface area contributed by atoms with E-state index in [1.165, 1.54) is 5.56 Å². The number of aliphatic hydroxyl groups excluding tert-OH is 1. The number of piperidine rings is 1. The normalized spacial score (nSPS) is 33.0. The molecule has 6 nitrogen and oxygen atoms in total. The summed E-state index contributed by atoms with van der Waals surface area (Å²) in [5, 5.41) is 9.84. The summed E-state index contributed by atoms with van der Waals surface area (Å²) >= 11 is 0. The molecule has 1 aliphatic carbocycles. The van der Waals surface area contributed by atoms with Gasteiger partial charge in [0.2, 0.25) is 12.7 Å². The highest BCUT2D eigenvalue weighted by atomic mass is 16.7. The number of hydrogen-bond donors (Lipinski definition) is 1. The van der Waals surface area contributed by atoms with Crippen LogP contribution >= 0.6 is 0 Å². The summed E-state index contributed by atoms with van der Waals surface area (Å²) in [7, 11) is 0. The minimum absolute atomic E-state index is 0.181. The van der Waals surface area contributed by atoms with Crippen LogP contribution in [0.5, 0.6) is 11.5 Å². The van der Waals surface area contributed by atoms with Crippen LogP contribution in [-0.4, -0.2) is 58.4 Å². The van der Waals surface area contributed by atoms with Crippen LogP contribution in [0.1, 0.15) is 56.9 Å². The van der Waals surface area contributed by atoms with Crippen LogP contribution in [0.15, 0.2) is 18.2 Å². The van der Waals surface area contributed by atoms with E-state index in [1.807, 2.05) is 6.07 Å². The maximum absolute atomic E-state index is 13.7. The van der Waals surface area contributed by atoms with Crippen LogP contribution in [0.4, 0.5) is 0 Å². The first-order chi connectivity index (χ1) is 13.7. The summed E-state index contributed by atoms with van der Waals surface area (Å²) in [6.45, 7) is 2.91. The number of carbonyl (C=O) groups excluding carboxylic acids is 1. The minimum atomic E-state index is -0.343. The van der Waals surface area contributed by atoms with E-state index in [1.54, 1.807) is 0 Å². The molecule has 1 spiro atoms. The van der Waals surface area contributed by atoms with E-state index in [4.69, 9.17) is 9.47 Å². The van der Waals surface area contributed by atoms with E-state index in [0.29, 0.717) is 11.9 Å². The predicted molar refractivity (Wildman–Crippen MR) is 104 cm³/mol. The number of aliphatic hydroxyl groups is 1. The lowest BCUT2D eigenvalue weighted by molar-refractivity contribution is -0.152. The molecule has 1 unspecified atom stereocenters. The molecule has 28 heavy (non-hydrogen) atoms. The van der Waals surface area contributed by atoms with Gasteiger partial charge in [0.15, 0.2) is 11.5 Å². The molecule has 6 heteroatoms. The maximum atomic E-state index is 13.7. The molecule has 152 valence electrons. The molecule has 1 atom stereocenters. The number of amides is 1. The maximum Gasteiger partial charge on any atom is 0.243 e. The van der Waals surface area contributed by atoms with Gasteiger partial charge < -0.3 is 19.5 Å². The van der Waals surface area contributed by atoms with Crippen LogP contribution in [-0.2, 0) is 11.3 Å². The van der Waals surface area contributed by atoms with Crippen molar-refractivity contribution < 1.29 is 19.4 Å². The van der Waals surface area contributed by atoms with Gasteiger partial charge in [-0.05, 0) is 75.6 Å². The molecule has 5 rings (SSSR count). The second-order valence-corrected chi connectivity index (χ2v) is 8.81. The quantitative estimate of drug-likeness (QED) is 0.865. The standard InChI is InChI=1S/C22H30N2O4/c25-18-6-4-17(5-7-18)24-12-2-10-22(21(24)26)9-1-11-23(22)14-16-3-8-19-20(13-16)28-15-27-19/h3,8,13,17-18,25H,1-2,4-7,9-12,14-15H2. The van der Waals surface area contributed by atoms with Gasteiger partial charge in [-0.2, -0.15) is 0 Å². The lowest BCUT2D eigenvalue weighted by atomic mass is 9.82. The zero-order valence-electron chi connectivity index (χ0n) is 16.4. The van der Waals surface area contributed by atoms with Gasteiger partial charge in [0.25, 0.3) is 0 Å². The molecule has 2 saturated heterocycles. The SMILES string of the molecule is O=C1N(C2CCC(O)CC2)CCCC12CCCN2Cc1ccc2c(c1)OCO2. The summed E-state index contributed by atoms with van der Waals surface area (Å²) in [5.41, 5.74) is 0.834. The molecular formula is C22H30N2O4. The predicted octanol–water partition coefficient (Wildman–Crippen LogP) is 2.68. The number of benzene rings is 1. The summed E-state index contributed by atoms with van der Waals surface area (Å²) in [6, 6.07) is 6.43. The molecule has 1 N–H and O–H groups in total. The fourth-order valence-corrected chi connectivity index (χ4v) is 5.69. The van der Waals surface area contributed by atoms with Crippen molar-refractivity contribution in [1.29, 1.82) is 0 Å². The molecule has 1 saturated carbocycles. The third-order valence-electron chi connectivity index (χ3n) is 7.19. The number of nitrogens with zero attached hydrogens (tertiary/aromatic N) is 2. The minimum Gasteiger partial charge on any atom is -0.454 e. The van der Waals surface area contributed by atoms with Crippen LogP contribution in [0.25, 0.3) is 0 Å². The molecule has 0 aromatic heterocycles. The van der Waals surface area contributed by atoms with Gasteiger partial charge in [0.1, 0.15) is 5.54 Å². The molecular weight excluding hydrogens is 356 g/mol. The topological polar surface area (TPSA) is 62.2 Å². The van der Waals surface area contributed by atoms with Crippen molar-refractivity contribution in [3.63, 3.8) is 0 Å². The van der Waals surface area contributed by atoms with E-state index in [2.05, 4.69) is 21.9 Å². The average molecular weight is 386 g/mol. The monoisotopic (exact) mass is 386 g/mol. The number of likely N-dealkylation sites (tertiary alicyclic amines) is 2. The van der Waals surface area contributed by atoms with Crippen molar-refractivity contribution in [3.8, 4) is 11.5 Å². The van der Waals surface area contributed by atoms with E-state index in [-0.39, 0.29) is 18.4 Å². The van der Waals surface area contributed by atoms with Gasteiger partial charge in [-0.25, -0.2) is 0 Å². The molecule has 0 bridgehead atoms. The largest absolute Gasteiger partial charge is 0.454 e. The summed E-state index contributed by atoms with van der Waals surface area (Å²) in [6.07, 6.45) is 7.40. The van der Waals surface area contributed by atoms with Crippen LogP contribution in [0, 0.1) is 0 Å². The van der Waals surface area contributed by atoms with Crippen molar-refractivity contribution in [2.45, 2.75) is 75.6 Å². The Labute approximate surface area is 166 Å². The molecule has 1 aromatic carbocycles. The Morgan fingerprint density at radius 1 is 1.04 bits per heavy atom. The average Bonchev–Trinajstić information content (AvgIpc) is 3.32. The zero-order valence-corrected chi connectivity index (χ0v) is 16.4. The molecule has 4 aliphatic rings. The molecule has 3 heterocycles. The van der Waals surface area contributed by atoms with E-state index < -0.39 is 0 Å². The van der Waals surface area contributed by atoms with Crippen molar-refractivity contribution in [2.24, 2.45) is 0 Å². The van der Waals surface area contributed by atoms with Crippen molar-refractivity contribution in [2.75, 3.05) is 19.9 Å². The van der Waals surface area contributed by atoms with Gasteiger partial charge in [0, 0.05) is 19.1 Å². The first kappa shape index (κ1) is 18.3. The molecule has 0 radical (unpaired) electrons. The van der Waals surface area contributed by atoms with E-state index in [9.17, 15) is 9.90 Å². The summed E-state index contributed by atoms with van der Waals surface area (Å²) in [5.74, 6) is 1.95. The first-order valence-corrected chi connectivity index (χ1v) is 10.8. The number of ether oxygens (including phenoxy) is 2. The third kappa shape index (κ3) is 3.07. The second kappa shape index (κ2) is 7.23. The number of carbonyl (C=O) groups is 1. The highest BCUT2D eigenvalue weighted by molar-refractivity contribution is 5.88. The smallest absolute Gasteiger partial charge is 0.243 e. The van der Waals surface area contributed by atoms with Gasteiger partial charge in [-0.3, -0.25) is 9.69 Å². The Morgan fingerprint density at radius 2 is 1.79 bits per heavy atom. The Hall–Kier alpha value is -1.79. The molecule has 3 fully saturated rings. The number of fused-ring (bicyclic) bond motifs is 1. The van der Waals surface area contributed by atoms with Crippen LogP contribution < -0.4 is 9.47 Å². The van der Waals surface area contributed by atoms with Crippen molar-refractivity contribution in [1.82, 2.24) is 9.80 Å². The van der Waals surface area contributed by atoms with Gasteiger partial charge in [0.05, 0.1) is 6.10 Å². The van der Waals surface area contributed by atoms with Gasteiger partial charge in [-0.15, -0.1) is 0 Å². The Morgan fingerprint density at radius 3 is 2.61 bits per heavy atom. The number of hydrogen-bond acceptors (Lipinski definition) is 5. The van der Waals surface area contributed by atoms with Gasteiger partial charge >= 0.3 is 0 Å². The first-order valence-electron chi connectivity index (χ1n) is 10.8. The van der Waals surface area contributed by atoms with Crippen LogP contribution in [0.2, 0.25) is 0 Å². The molecule has 3 aliphatic heterocycles. The highest BCUT2D eigenvalue weighted by Crippen LogP contribution is 2.42. The molecule has 1 aromatic rings. The summed E-state index contributed by atoms with van der Waals surface area (Å²) in [4.78, 5) is 18.3. The lowest BCUT2D eigenvalue weighted by Gasteiger charge is -2.48. The van der Waals surface area contributed by atoms with Crippen molar-refractivity contribution in [3.05, 3.63) is 23.8 Å². The lowest BCUT2D eigenvalue weighted by Crippen LogP contribution is -2.62. The van der Waals surface area contributed by atoms with Gasteiger partial charge in [-0.1, -0.05) is 6.07 Å². The zero-order chi connectivity index (χ0) is 19.1. The number of rotatable bonds is 3. The van der Waals surface area contributed by atoms with E-state index in [0.717, 1.165) is 82.5 Å². The van der Waals surface area contributed by atoms with E-state index >= 15 is 0 Å². The fourth-order valence-electron chi connectivity index (χ4n) is 5.69. The van der Waals surface area contributed by atoms with Crippen molar-refractivity contribution >= 4 is 5.91 Å². The summed E-state index contributed by atoms with van der Waals surface area (Å²) < 4.78 is 11.0.